The van der Waals surface area contributed by atoms with Crippen LogP contribution in [0, 0.1) is 5.92 Å². The monoisotopic (exact) mass is 314 g/mol. The Morgan fingerprint density at radius 1 is 1.13 bits per heavy atom. The van der Waals surface area contributed by atoms with Crippen LogP contribution in [0.3, 0.4) is 0 Å². The van der Waals surface area contributed by atoms with Crippen molar-refractivity contribution >= 4 is 11.4 Å². The zero-order chi connectivity index (χ0) is 17.0. The molecule has 0 aromatic heterocycles. The average Bonchev–Trinajstić information content (AvgIpc) is 2.53. The van der Waals surface area contributed by atoms with Gasteiger partial charge in [-0.2, -0.15) is 0 Å². The number of hydrogen-bond acceptors (Lipinski definition) is 3. The van der Waals surface area contributed by atoms with Crippen LogP contribution in [0.15, 0.2) is 47.4 Å². The average molecular weight is 314 g/mol. The van der Waals surface area contributed by atoms with Crippen LogP contribution >= 0.6 is 0 Å². The molecule has 1 unspecified atom stereocenters. The Balaban J connectivity index is 2.75. The van der Waals surface area contributed by atoms with Crippen LogP contribution in [-0.4, -0.2) is 19.0 Å². The lowest BCUT2D eigenvalue weighted by atomic mass is 9.86. The molecule has 3 heteroatoms. The Labute approximate surface area is 139 Å². The molecule has 0 fully saturated rings. The van der Waals surface area contributed by atoms with Gasteiger partial charge in [-0.1, -0.05) is 37.3 Å². The molecule has 124 valence electrons. The smallest absolute Gasteiger partial charge is 0.172 e. The fourth-order valence-electron chi connectivity index (χ4n) is 2.84. The molecule has 0 heterocycles. The molecule has 1 atom stereocenters. The van der Waals surface area contributed by atoms with Crippen LogP contribution in [0.1, 0.15) is 46.1 Å². The minimum Gasteiger partial charge on any atom is -0.493 e. The van der Waals surface area contributed by atoms with Gasteiger partial charge in [0.1, 0.15) is 0 Å². The van der Waals surface area contributed by atoms with Crippen LogP contribution in [0.25, 0.3) is 5.57 Å². The van der Waals surface area contributed by atoms with Crippen molar-refractivity contribution in [2.75, 3.05) is 7.11 Å². The number of carbonyl (C=O) groups excluding carboxylic acids is 1. The quantitative estimate of drug-likeness (QED) is 0.805. The highest BCUT2D eigenvalue weighted by Crippen LogP contribution is 2.35. The van der Waals surface area contributed by atoms with Gasteiger partial charge in [-0.15, -0.1) is 0 Å². The molecule has 2 rings (SSSR count). The predicted octanol–water partition coefficient (Wildman–Crippen LogP) is 4.74. The first-order chi connectivity index (χ1) is 11.0. The molecule has 0 radical (unpaired) electrons. The molecule has 0 spiro atoms. The summed E-state index contributed by atoms with van der Waals surface area (Å²) in [4.78, 5) is 13.0. The van der Waals surface area contributed by atoms with Gasteiger partial charge >= 0.3 is 0 Å². The zero-order valence-electron chi connectivity index (χ0n) is 14.7. The van der Waals surface area contributed by atoms with E-state index < -0.39 is 0 Å². The highest BCUT2D eigenvalue weighted by Gasteiger charge is 2.30. The number of methoxy groups -OCH3 is 1. The lowest BCUT2D eigenvalue weighted by molar-refractivity contribution is -0.117. The summed E-state index contributed by atoms with van der Waals surface area (Å²) in [6.45, 7) is 7.97. The van der Waals surface area contributed by atoms with Gasteiger partial charge in [-0.05, 0) is 44.7 Å². The maximum absolute atomic E-state index is 13.0. The summed E-state index contributed by atoms with van der Waals surface area (Å²) in [5, 5.41) is 0. The van der Waals surface area contributed by atoms with Crippen LogP contribution in [-0.2, 0) is 14.3 Å². The van der Waals surface area contributed by atoms with Gasteiger partial charge in [-0.25, -0.2) is 0 Å². The van der Waals surface area contributed by atoms with E-state index in [1.165, 1.54) is 0 Å². The third-order valence-corrected chi connectivity index (χ3v) is 4.09. The van der Waals surface area contributed by atoms with E-state index in [2.05, 4.69) is 0 Å². The minimum absolute atomic E-state index is 0.0377. The van der Waals surface area contributed by atoms with E-state index in [0.717, 1.165) is 24.0 Å². The maximum Gasteiger partial charge on any atom is 0.172 e. The van der Waals surface area contributed by atoms with Gasteiger partial charge in [-0.3, -0.25) is 4.79 Å². The highest BCUT2D eigenvalue weighted by molar-refractivity contribution is 6.22. The number of ether oxygens (including phenoxy) is 2. The first-order valence-corrected chi connectivity index (χ1v) is 8.20. The molecular weight excluding hydrogens is 288 g/mol. The molecule has 0 N–H and O–H groups in total. The minimum atomic E-state index is -0.0378. The number of ketones is 1. The molecule has 0 bridgehead atoms. The molecule has 1 aliphatic rings. The van der Waals surface area contributed by atoms with Crippen molar-refractivity contribution in [2.45, 2.75) is 46.6 Å². The van der Waals surface area contributed by atoms with E-state index in [-0.39, 0.29) is 17.8 Å². The Kier molecular flexibility index (Phi) is 5.64. The number of hydrogen-bond donors (Lipinski definition) is 0. The summed E-state index contributed by atoms with van der Waals surface area (Å²) in [5.74, 6) is 1.35. The Morgan fingerprint density at radius 2 is 1.78 bits per heavy atom. The number of carbonyl (C=O) groups is 1. The van der Waals surface area contributed by atoms with Crippen LogP contribution in [0.2, 0.25) is 0 Å². The lowest BCUT2D eigenvalue weighted by Crippen LogP contribution is -2.21. The van der Waals surface area contributed by atoms with Crippen molar-refractivity contribution in [2.24, 2.45) is 5.92 Å². The normalized spacial score (nSPS) is 26.0. The number of allylic oxidation sites excluding steroid dienone is 2. The van der Waals surface area contributed by atoms with Crippen molar-refractivity contribution in [3.63, 3.8) is 0 Å². The molecule has 3 nitrogen and oxygen atoms in total. The molecule has 0 saturated heterocycles. The van der Waals surface area contributed by atoms with E-state index >= 15 is 0 Å². The van der Waals surface area contributed by atoms with Gasteiger partial charge in [0.25, 0.3) is 0 Å². The first kappa shape index (κ1) is 17.3. The molecule has 1 aromatic carbocycles. The van der Waals surface area contributed by atoms with Gasteiger partial charge < -0.3 is 9.47 Å². The van der Waals surface area contributed by atoms with E-state index in [1.54, 1.807) is 7.11 Å². The van der Waals surface area contributed by atoms with Crippen molar-refractivity contribution in [3.05, 3.63) is 53.0 Å². The molecule has 1 aliphatic carbocycles. The number of rotatable bonds is 4. The second kappa shape index (κ2) is 7.49. The Hall–Kier alpha value is -2.03. The molecule has 23 heavy (non-hydrogen) atoms. The summed E-state index contributed by atoms with van der Waals surface area (Å²) in [7, 11) is 1.64. The van der Waals surface area contributed by atoms with Crippen LogP contribution in [0.4, 0.5) is 0 Å². The van der Waals surface area contributed by atoms with Crippen molar-refractivity contribution in [3.8, 4) is 0 Å². The Bertz CT molecular complexity index is 624. The van der Waals surface area contributed by atoms with Crippen molar-refractivity contribution in [1.29, 1.82) is 0 Å². The third kappa shape index (κ3) is 3.84. The summed E-state index contributed by atoms with van der Waals surface area (Å²) in [6, 6.07) is 9.73. The summed E-state index contributed by atoms with van der Waals surface area (Å²) in [6.07, 6.45) is 1.62. The zero-order valence-corrected chi connectivity index (χ0v) is 14.7. The maximum atomic E-state index is 13.0. The molecule has 0 aliphatic heterocycles. The molecule has 0 saturated carbocycles. The molecule has 1 aromatic rings. The summed E-state index contributed by atoms with van der Waals surface area (Å²) >= 11 is 0. The summed E-state index contributed by atoms with van der Waals surface area (Å²) in [5.41, 5.74) is 2.63. The second-order valence-corrected chi connectivity index (χ2v) is 6.35. The SMILES string of the molecule is COC1=C(\C)CCC(C)C(=O)/C(c2ccccc2)=C\1OC(C)C. The molecule has 0 amide bonds. The predicted molar refractivity (Wildman–Crippen MR) is 92.7 cm³/mol. The van der Waals surface area contributed by atoms with E-state index in [1.807, 2.05) is 58.0 Å². The number of Topliss-reactive ketones (excluding diaryl/α,β-unsaturated/α-hetero) is 1. The van der Waals surface area contributed by atoms with Gasteiger partial charge in [0.15, 0.2) is 17.3 Å². The topological polar surface area (TPSA) is 35.5 Å². The van der Waals surface area contributed by atoms with Crippen molar-refractivity contribution < 1.29 is 14.3 Å². The van der Waals surface area contributed by atoms with Gasteiger partial charge in [0.05, 0.1) is 18.8 Å². The van der Waals surface area contributed by atoms with E-state index in [4.69, 9.17) is 9.47 Å². The fourth-order valence-corrected chi connectivity index (χ4v) is 2.84. The standard InChI is InChI=1S/C20H26O3/c1-13(2)23-20-17(16-9-7-6-8-10-16)18(21)14(3)11-12-15(4)19(20)22-5/h6-10,13-14H,11-12H2,1-5H3/b19-15+,20-17+. The third-order valence-electron chi connectivity index (χ3n) is 4.09. The lowest BCUT2D eigenvalue weighted by Gasteiger charge is -2.25. The van der Waals surface area contributed by atoms with Crippen LogP contribution < -0.4 is 0 Å². The fraction of sp³-hybridized carbons (Fsp3) is 0.450. The van der Waals surface area contributed by atoms with E-state index in [0.29, 0.717) is 17.1 Å². The highest BCUT2D eigenvalue weighted by atomic mass is 16.5. The number of benzene rings is 1. The molecular formula is C20H26O3. The first-order valence-electron chi connectivity index (χ1n) is 8.20. The summed E-state index contributed by atoms with van der Waals surface area (Å²) < 4.78 is 11.7. The largest absolute Gasteiger partial charge is 0.493 e. The van der Waals surface area contributed by atoms with Gasteiger partial charge in [0.2, 0.25) is 0 Å². The Morgan fingerprint density at radius 3 is 2.35 bits per heavy atom. The van der Waals surface area contributed by atoms with Crippen molar-refractivity contribution in [1.82, 2.24) is 0 Å². The second-order valence-electron chi connectivity index (χ2n) is 6.35. The van der Waals surface area contributed by atoms with Gasteiger partial charge in [0, 0.05) is 5.92 Å². The van der Waals surface area contributed by atoms with E-state index in [9.17, 15) is 4.79 Å². The van der Waals surface area contributed by atoms with Crippen LogP contribution in [0.5, 0.6) is 0 Å².